The second-order valence-electron chi connectivity index (χ2n) is 3.82. The van der Waals surface area contributed by atoms with E-state index in [9.17, 15) is 5.11 Å². The Hall–Kier alpha value is -1.14. The van der Waals surface area contributed by atoms with Gasteiger partial charge in [-0.25, -0.2) is 0 Å². The molecule has 0 radical (unpaired) electrons. The maximum Gasteiger partial charge on any atom is 0.119 e. The van der Waals surface area contributed by atoms with Gasteiger partial charge in [-0.15, -0.1) is 0 Å². The quantitative estimate of drug-likeness (QED) is 0.514. The highest BCUT2D eigenvalue weighted by Gasteiger charge is 2.04. The van der Waals surface area contributed by atoms with Gasteiger partial charge in [0.1, 0.15) is 18.5 Å². The first-order valence-corrected chi connectivity index (χ1v) is 6.08. The van der Waals surface area contributed by atoms with Crippen molar-refractivity contribution in [3.63, 3.8) is 0 Å². The molecule has 18 heavy (non-hydrogen) atoms. The molecule has 0 saturated heterocycles. The van der Waals surface area contributed by atoms with Crippen molar-refractivity contribution in [2.24, 2.45) is 0 Å². The molecule has 1 rings (SSSR count). The van der Waals surface area contributed by atoms with Gasteiger partial charge in [0.15, 0.2) is 0 Å². The first kappa shape index (κ1) is 14.9. The van der Waals surface area contributed by atoms with E-state index in [1.165, 1.54) is 0 Å². The Bertz CT molecular complexity index is 294. The lowest BCUT2D eigenvalue weighted by molar-refractivity contribution is 0.0842. The first-order chi connectivity index (χ1) is 8.83. The van der Waals surface area contributed by atoms with Crippen LogP contribution in [0, 0.1) is 0 Å². The number of nitrogens with one attached hydrogen (secondary N) is 1. The second-order valence-corrected chi connectivity index (χ2v) is 3.82. The summed E-state index contributed by atoms with van der Waals surface area (Å²) in [5, 5.41) is 21.2. The predicted molar refractivity (Wildman–Crippen MR) is 68.7 cm³/mol. The summed E-state index contributed by atoms with van der Waals surface area (Å²) in [6, 6.07) is 9.39. The van der Waals surface area contributed by atoms with E-state index < -0.39 is 6.10 Å². The lowest BCUT2D eigenvalue weighted by atomic mass is 10.3. The minimum absolute atomic E-state index is 0.0353. The summed E-state index contributed by atoms with van der Waals surface area (Å²) in [6.07, 6.45) is -0.553. The molecule has 0 aliphatic carbocycles. The molecule has 0 spiro atoms. The summed E-state index contributed by atoms with van der Waals surface area (Å²) in [5.41, 5.74) is 0. The average Bonchev–Trinajstić information content (AvgIpc) is 2.41. The van der Waals surface area contributed by atoms with Gasteiger partial charge in [-0.05, 0) is 12.1 Å². The molecule has 1 aromatic rings. The van der Waals surface area contributed by atoms with Crippen molar-refractivity contribution in [1.82, 2.24) is 5.32 Å². The normalized spacial score (nSPS) is 12.3. The van der Waals surface area contributed by atoms with E-state index in [2.05, 4.69) is 5.32 Å². The smallest absolute Gasteiger partial charge is 0.119 e. The molecule has 0 saturated carbocycles. The maximum absolute atomic E-state index is 9.64. The third-order valence-electron chi connectivity index (χ3n) is 2.22. The third-order valence-corrected chi connectivity index (χ3v) is 2.22. The van der Waals surface area contributed by atoms with Crippen LogP contribution in [-0.2, 0) is 4.74 Å². The molecule has 5 heteroatoms. The number of rotatable bonds is 10. The summed E-state index contributed by atoms with van der Waals surface area (Å²) in [5.74, 6) is 0.753. The zero-order valence-corrected chi connectivity index (χ0v) is 10.4. The first-order valence-electron chi connectivity index (χ1n) is 6.08. The largest absolute Gasteiger partial charge is 0.491 e. The van der Waals surface area contributed by atoms with Crippen LogP contribution < -0.4 is 10.1 Å². The third kappa shape index (κ3) is 7.24. The number of aliphatic hydroxyl groups is 2. The van der Waals surface area contributed by atoms with Crippen LogP contribution in [-0.4, -0.2) is 55.8 Å². The van der Waals surface area contributed by atoms with Gasteiger partial charge in [0.25, 0.3) is 0 Å². The highest BCUT2D eigenvalue weighted by Crippen LogP contribution is 2.08. The molecule has 0 aliphatic rings. The Morgan fingerprint density at radius 3 is 2.67 bits per heavy atom. The summed E-state index contributed by atoms with van der Waals surface area (Å²) in [4.78, 5) is 0. The number of benzene rings is 1. The fraction of sp³-hybridized carbons (Fsp3) is 0.538. The number of hydrogen-bond acceptors (Lipinski definition) is 5. The van der Waals surface area contributed by atoms with Gasteiger partial charge in [-0.2, -0.15) is 0 Å². The molecule has 0 heterocycles. The summed E-state index contributed by atoms with van der Waals surface area (Å²) < 4.78 is 10.5. The topological polar surface area (TPSA) is 71.0 Å². The minimum atomic E-state index is -0.553. The van der Waals surface area contributed by atoms with E-state index >= 15 is 0 Å². The van der Waals surface area contributed by atoms with E-state index in [1.807, 2.05) is 30.3 Å². The van der Waals surface area contributed by atoms with Gasteiger partial charge in [0.05, 0.1) is 19.8 Å². The zero-order valence-electron chi connectivity index (χ0n) is 10.4. The van der Waals surface area contributed by atoms with Crippen molar-refractivity contribution in [2.75, 3.05) is 39.5 Å². The molecule has 0 aromatic heterocycles. The SMILES string of the molecule is OCCOCCNCC(O)COc1ccccc1. The molecule has 5 nitrogen and oxygen atoms in total. The Kier molecular flexibility index (Phi) is 8.16. The molecule has 3 N–H and O–H groups in total. The lowest BCUT2D eigenvalue weighted by Gasteiger charge is -2.13. The van der Waals surface area contributed by atoms with Crippen molar-refractivity contribution < 1.29 is 19.7 Å². The van der Waals surface area contributed by atoms with Crippen molar-refractivity contribution in [2.45, 2.75) is 6.10 Å². The predicted octanol–water partition coefficient (Wildman–Crippen LogP) is 0.0248. The molecular weight excluding hydrogens is 234 g/mol. The molecule has 1 unspecified atom stereocenters. The van der Waals surface area contributed by atoms with Crippen LogP contribution in [0.15, 0.2) is 30.3 Å². The van der Waals surface area contributed by atoms with Gasteiger partial charge < -0.3 is 25.0 Å². The van der Waals surface area contributed by atoms with Gasteiger partial charge in [0, 0.05) is 13.1 Å². The van der Waals surface area contributed by atoms with Crippen LogP contribution in [0.2, 0.25) is 0 Å². The fourth-order valence-corrected chi connectivity index (χ4v) is 1.35. The average molecular weight is 255 g/mol. The number of hydrogen-bond donors (Lipinski definition) is 3. The Balaban J connectivity index is 1.99. The van der Waals surface area contributed by atoms with E-state index in [0.29, 0.717) is 26.3 Å². The molecule has 1 aromatic carbocycles. The number of ether oxygens (including phenoxy) is 2. The molecule has 0 aliphatic heterocycles. The van der Waals surface area contributed by atoms with Gasteiger partial charge >= 0.3 is 0 Å². The Labute approximate surface area is 107 Å². The Morgan fingerprint density at radius 2 is 1.94 bits per heavy atom. The fourth-order valence-electron chi connectivity index (χ4n) is 1.35. The van der Waals surface area contributed by atoms with Crippen LogP contribution >= 0.6 is 0 Å². The number of para-hydroxylation sites is 1. The summed E-state index contributed by atoms with van der Waals surface area (Å²) >= 11 is 0. The van der Waals surface area contributed by atoms with Crippen molar-refractivity contribution in [3.05, 3.63) is 30.3 Å². The summed E-state index contributed by atoms with van der Waals surface area (Å²) in [6.45, 7) is 2.26. The van der Waals surface area contributed by atoms with Crippen LogP contribution in [0.1, 0.15) is 0 Å². The Morgan fingerprint density at radius 1 is 1.17 bits per heavy atom. The van der Waals surface area contributed by atoms with Crippen molar-refractivity contribution in [3.8, 4) is 5.75 Å². The van der Waals surface area contributed by atoms with E-state index in [4.69, 9.17) is 14.6 Å². The van der Waals surface area contributed by atoms with Crippen molar-refractivity contribution in [1.29, 1.82) is 0 Å². The maximum atomic E-state index is 9.64. The highest BCUT2D eigenvalue weighted by molar-refractivity contribution is 5.20. The van der Waals surface area contributed by atoms with Gasteiger partial charge in [-0.1, -0.05) is 18.2 Å². The standard InChI is InChI=1S/C13H21NO4/c15-7-9-17-8-6-14-10-12(16)11-18-13-4-2-1-3-5-13/h1-5,12,14-16H,6-11H2. The van der Waals surface area contributed by atoms with Crippen LogP contribution in [0.25, 0.3) is 0 Å². The van der Waals surface area contributed by atoms with Crippen LogP contribution in [0.5, 0.6) is 5.75 Å². The van der Waals surface area contributed by atoms with Crippen LogP contribution in [0.3, 0.4) is 0 Å². The summed E-state index contributed by atoms with van der Waals surface area (Å²) in [7, 11) is 0. The van der Waals surface area contributed by atoms with E-state index in [0.717, 1.165) is 5.75 Å². The van der Waals surface area contributed by atoms with Crippen LogP contribution in [0.4, 0.5) is 0 Å². The molecule has 1 atom stereocenters. The zero-order chi connectivity index (χ0) is 13.1. The second kappa shape index (κ2) is 9.85. The molecule has 0 fully saturated rings. The van der Waals surface area contributed by atoms with Crippen molar-refractivity contribution >= 4 is 0 Å². The molecule has 102 valence electrons. The van der Waals surface area contributed by atoms with E-state index in [-0.39, 0.29) is 13.2 Å². The highest BCUT2D eigenvalue weighted by atomic mass is 16.5. The number of aliphatic hydroxyl groups excluding tert-OH is 2. The molecule has 0 amide bonds. The molecule has 0 bridgehead atoms. The lowest BCUT2D eigenvalue weighted by Crippen LogP contribution is -2.33. The molecular formula is C13H21NO4. The van der Waals surface area contributed by atoms with Gasteiger partial charge in [0.2, 0.25) is 0 Å². The van der Waals surface area contributed by atoms with E-state index in [1.54, 1.807) is 0 Å². The monoisotopic (exact) mass is 255 g/mol. The van der Waals surface area contributed by atoms with Gasteiger partial charge in [-0.3, -0.25) is 0 Å². The minimum Gasteiger partial charge on any atom is -0.491 e.